The number of anilines is 1. The minimum atomic E-state index is -0.0988. The molecule has 1 aliphatic carbocycles. The Balaban J connectivity index is 1.94. The summed E-state index contributed by atoms with van der Waals surface area (Å²) in [5, 5.41) is 9.24. The number of hydrogen-bond donors (Lipinski definition) is 2. The molecule has 1 fully saturated rings. The zero-order valence-corrected chi connectivity index (χ0v) is 10.7. The normalized spacial score (nSPS) is 22.9. The molecule has 0 unspecified atom stereocenters. The second-order valence-corrected chi connectivity index (χ2v) is 5.08. The largest absolute Gasteiger partial charge is 0.393 e. The predicted octanol–water partition coefficient (Wildman–Crippen LogP) is 0.923. The van der Waals surface area contributed by atoms with Crippen LogP contribution in [0.5, 0.6) is 0 Å². The number of nitrogens with two attached hydrogens (primary N) is 1. The number of nitrogens with zero attached hydrogens (tertiary/aromatic N) is 2. The van der Waals surface area contributed by atoms with Crippen LogP contribution in [0, 0.1) is 5.92 Å². The Bertz CT molecular complexity index is 401. The third-order valence-corrected chi connectivity index (χ3v) is 3.40. The standard InChI is InChI=1S/C12H17N3OS/c1-15(7-8-4-10(16)5-8)11-3-2-9(6-14-11)12(13)17/h2-3,6,8,10,16H,4-5,7H2,1H3,(H2,13,17). The molecule has 0 amide bonds. The van der Waals surface area contributed by atoms with Gasteiger partial charge in [0.15, 0.2) is 0 Å². The number of rotatable bonds is 4. The number of thiocarbonyl (C=S) groups is 1. The van der Waals surface area contributed by atoms with Crippen molar-refractivity contribution in [1.82, 2.24) is 4.98 Å². The third-order valence-electron chi connectivity index (χ3n) is 3.17. The zero-order valence-electron chi connectivity index (χ0n) is 9.84. The van der Waals surface area contributed by atoms with Gasteiger partial charge in [0.1, 0.15) is 10.8 Å². The van der Waals surface area contributed by atoms with Gasteiger partial charge in [-0.2, -0.15) is 0 Å². The van der Waals surface area contributed by atoms with Crippen molar-refractivity contribution in [2.45, 2.75) is 18.9 Å². The summed E-state index contributed by atoms with van der Waals surface area (Å²) in [6.45, 7) is 0.927. The number of aliphatic hydroxyl groups excluding tert-OH is 1. The van der Waals surface area contributed by atoms with Crippen LogP contribution < -0.4 is 10.6 Å². The maximum atomic E-state index is 9.24. The van der Waals surface area contributed by atoms with E-state index in [1.807, 2.05) is 19.2 Å². The Kier molecular flexibility index (Phi) is 3.59. The van der Waals surface area contributed by atoms with Crippen LogP contribution >= 0.6 is 12.2 Å². The van der Waals surface area contributed by atoms with Gasteiger partial charge in [0.25, 0.3) is 0 Å². The first-order chi connectivity index (χ1) is 8.06. The molecule has 0 spiro atoms. The topological polar surface area (TPSA) is 62.4 Å². The van der Waals surface area contributed by atoms with Gasteiger partial charge in [-0.05, 0) is 30.9 Å². The van der Waals surface area contributed by atoms with Crippen molar-refractivity contribution in [3.8, 4) is 0 Å². The number of aliphatic hydroxyl groups is 1. The summed E-state index contributed by atoms with van der Waals surface area (Å²) in [7, 11) is 2.01. The van der Waals surface area contributed by atoms with E-state index in [9.17, 15) is 5.11 Å². The van der Waals surface area contributed by atoms with Crippen LogP contribution in [0.25, 0.3) is 0 Å². The SMILES string of the molecule is CN(CC1CC(O)C1)c1ccc(C(N)=S)cn1. The summed E-state index contributed by atoms with van der Waals surface area (Å²) < 4.78 is 0. The number of hydrogen-bond acceptors (Lipinski definition) is 4. The van der Waals surface area contributed by atoms with E-state index in [0.717, 1.165) is 30.8 Å². The Labute approximate surface area is 106 Å². The second-order valence-electron chi connectivity index (χ2n) is 4.64. The molecule has 1 aliphatic rings. The Morgan fingerprint density at radius 3 is 2.76 bits per heavy atom. The third kappa shape index (κ3) is 2.92. The lowest BCUT2D eigenvalue weighted by Gasteiger charge is -2.34. The lowest BCUT2D eigenvalue weighted by Crippen LogP contribution is -2.37. The smallest absolute Gasteiger partial charge is 0.128 e. The maximum absolute atomic E-state index is 9.24. The van der Waals surface area contributed by atoms with Gasteiger partial charge in [-0.15, -0.1) is 0 Å². The number of aromatic nitrogens is 1. The molecule has 1 aromatic heterocycles. The van der Waals surface area contributed by atoms with Crippen molar-refractivity contribution in [2.75, 3.05) is 18.5 Å². The van der Waals surface area contributed by atoms with Crippen molar-refractivity contribution < 1.29 is 5.11 Å². The number of pyridine rings is 1. The molecule has 1 heterocycles. The minimum Gasteiger partial charge on any atom is -0.393 e. The highest BCUT2D eigenvalue weighted by Gasteiger charge is 2.28. The predicted molar refractivity (Wildman–Crippen MR) is 72.1 cm³/mol. The summed E-state index contributed by atoms with van der Waals surface area (Å²) in [4.78, 5) is 6.79. The molecule has 92 valence electrons. The summed E-state index contributed by atoms with van der Waals surface area (Å²) in [6, 6.07) is 3.81. The summed E-state index contributed by atoms with van der Waals surface area (Å²) in [5.41, 5.74) is 6.30. The van der Waals surface area contributed by atoms with Gasteiger partial charge in [0, 0.05) is 25.4 Å². The van der Waals surface area contributed by atoms with Crippen LogP contribution in [0.2, 0.25) is 0 Å². The summed E-state index contributed by atoms with van der Waals surface area (Å²) in [6.07, 6.45) is 3.40. The first-order valence-corrected chi connectivity index (χ1v) is 6.12. The van der Waals surface area contributed by atoms with Crippen LogP contribution in [0.4, 0.5) is 5.82 Å². The quantitative estimate of drug-likeness (QED) is 0.779. The molecule has 1 saturated carbocycles. The van der Waals surface area contributed by atoms with E-state index in [4.69, 9.17) is 18.0 Å². The molecule has 0 atom stereocenters. The van der Waals surface area contributed by atoms with E-state index < -0.39 is 0 Å². The minimum absolute atomic E-state index is 0.0988. The van der Waals surface area contributed by atoms with E-state index in [0.29, 0.717) is 10.9 Å². The Hall–Kier alpha value is -1.20. The fourth-order valence-corrected chi connectivity index (χ4v) is 2.21. The van der Waals surface area contributed by atoms with Gasteiger partial charge in [0.2, 0.25) is 0 Å². The Morgan fingerprint density at radius 1 is 1.59 bits per heavy atom. The maximum Gasteiger partial charge on any atom is 0.128 e. The Morgan fingerprint density at radius 2 is 2.29 bits per heavy atom. The molecule has 5 heteroatoms. The van der Waals surface area contributed by atoms with Crippen molar-refractivity contribution in [3.05, 3.63) is 23.9 Å². The van der Waals surface area contributed by atoms with Gasteiger partial charge in [0.05, 0.1) is 6.10 Å². The van der Waals surface area contributed by atoms with Gasteiger partial charge in [-0.1, -0.05) is 12.2 Å². The molecular formula is C12H17N3OS. The van der Waals surface area contributed by atoms with E-state index >= 15 is 0 Å². The zero-order chi connectivity index (χ0) is 12.4. The van der Waals surface area contributed by atoms with Gasteiger partial charge in [-0.25, -0.2) is 4.98 Å². The molecule has 3 N–H and O–H groups in total. The molecule has 0 radical (unpaired) electrons. The van der Waals surface area contributed by atoms with Crippen LogP contribution in [0.3, 0.4) is 0 Å². The first-order valence-electron chi connectivity index (χ1n) is 5.71. The lowest BCUT2D eigenvalue weighted by molar-refractivity contribution is 0.0464. The highest BCUT2D eigenvalue weighted by molar-refractivity contribution is 7.80. The highest BCUT2D eigenvalue weighted by atomic mass is 32.1. The van der Waals surface area contributed by atoms with E-state index in [1.165, 1.54) is 0 Å². The van der Waals surface area contributed by atoms with Crippen molar-refractivity contribution >= 4 is 23.0 Å². The summed E-state index contributed by atoms with van der Waals surface area (Å²) >= 11 is 4.88. The highest BCUT2D eigenvalue weighted by Crippen LogP contribution is 2.28. The molecule has 4 nitrogen and oxygen atoms in total. The molecule has 2 rings (SSSR count). The fraction of sp³-hybridized carbons (Fsp3) is 0.500. The van der Waals surface area contributed by atoms with Gasteiger partial charge >= 0.3 is 0 Å². The molecule has 0 saturated heterocycles. The van der Waals surface area contributed by atoms with Crippen LogP contribution in [-0.4, -0.2) is 34.8 Å². The van der Waals surface area contributed by atoms with Gasteiger partial charge in [-0.3, -0.25) is 0 Å². The molecule has 0 bridgehead atoms. The van der Waals surface area contributed by atoms with E-state index in [-0.39, 0.29) is 6.10 Å². The van der Waals surface area contributed by atoms with Crippen molar-refractivity contribution in [2.24, 2.45) is 11.7 Å². The van der Waals surface area contributed by atoms with E-state index in [2.05, 4.69) is 9.88 Å². The van der Waals surface area contributed by atoms with E-state index in [1.54, 1.807) is 6.20 Å². The second kappa shape index (κ2) is 4.98. The van der Waals surface area contributed by atoms with Crippen molar-refractivity contribution in [3.63, 3.8) is 0 Å². The average molecular weight is 251 g/mol. The first kappa shape index (κ1) is 12.3. The average Bonchev–Trinajstić information content (AvgIpc) is 2.27. The molecule has 17 heavy (non-hydrogen) atoms. The van der Waals surface area contributed by atoms with Crippen LogP contribution in [-0.2, 0) is 0 Å². The van der Waals surface area contributed by atoms with Crippen molar-refractivity contribution in [1.29, 1.82) is 0 Å². The molecular weight excluding hydrogens is 234 g/mol. The molecule has 1 aromatic rings. The van der Waals surface area contributed by atoms with Crippen LogP contribution in [0.15, 0.2) is 18.3 Å². The summed E-state index contributed by atoms with van der Waals surface area (Å²) in [5.74, 6) is 1.48. The van der Waals surface area contributed by atoms with Gasteiger partial charge < -0.3 is 15.7 Å². The van der Waals surface area contributed by atoms with Crippen LogP contribution in [0.1, 0.15) is 18.4 Å². The molecule has 0 aliphatic heterocycles. The monoisotopic (exact) mass is 251 g/mol. The fourth-order valence-electron chi connectivity index (χ4n) is 2.09. The lowest BCUT2D eigenvalue weighted by atomic mass is 9.82. The molecule has 0 aromatic carbocycles.